The number of aryl methyl sites for hydroxylation is 1. The summed E-state index contributed by atoms with van der Waals surface area (Å²) < 4.78 is 5.97. The molecule has 3 aromatic carbocycles. The topological polar surface area (TPSA) is 70.1 Å². The summed E-state index contributed by atoms with van der Waals surface area (Å²) in [4.78, 5) is 29.9. The maximum Gasteiger partial charge on any atom is 0.295 e. The number of carbonyl (C=O) groups excluding carboxylic acids is 2. The summed E-state index contributed by atoms with van der Waals surface area (Å²) in [6, 6.07) is 22.3. The number of ketones is 1. The zero-order valence-electron chi connectivity index (χ0n) is 21.9. The van der Waals surface area contributed by atoms with Crippen LogP contribution in [0.4, 0.5) is 5.69 Å². The number of rotatable bonds is 9. The second-order valence-corrected chi connectivity index (χ2v) is 9.59. The van der Waals surface area contributed by atoms with Crippen molar-refractivity contribution in [1.82, 2.24) is 4.90 Å². The first-order chi connectivity index (χ1) is 17.8. The summed E-state index contributed by atoms with van der Waals surface area (Å²) >= 11 is 0. The smallest absolute Gasteiger partial charge is 0.295 e. The van der Waals surface area contributed by atoms with E-state index >= 15 is 0 Å². The fourth-order valence-electron chi connectivity index (χ4n) is 4.59. The summed E-state index contributed by atoms with van der Waals surface area (Å²) in [6.07, 6.45) is 1.66. The van der Waals surface area contributed by atoms with E-state index in [2.05, 4.69) is 0 Å². The molecule has 37 heavy (non-hydrogen) atoms. The maximum atomic E-state index is 13.2. The lowest BCUT2D eigenvalue weighted by Crippen LogP contribution is -2.30. The van der Waals surface area contributed by atoms with Crippen LogP contribution in [0.2, 0.25) is 0 Å². The average molecular weight is 499 g/mol. The van der Waals surface area contributed by atoms with Crippen molar-refractivity contribution in [3.63, 3.8) is 0 Å². The van der Waals surface area contributed by atoms with E-state index in [1.165, 1.54) is 0 Å². The summed E-state index contributed by atoms with van der Waals surface area (Å²) in [7, 11) is 3.91. The summed E-state index contributed by atoms with van der Waals surface area (Å²) in [6.45, 7) is 4.82. The Balaban J connectivity index is 1.70. The van der Waals surface area contributed by atoms with Crippen LogP contribution < -0.4 is 9.64 Å². The first-order valence-corrected chi connectivity index (χ1v) is 12.6. The molecule has 1 unspecified atom stereocenters. The van der Waals surface area contributed by atoms with E-state index in [4.69, 9.17) is 4.74 Å². The van der Waals surface area contributed by atoms with Crippen LogP contribution >= 0.6 is 0 Å². The van der Waals surface area contributed by atoms with Gasteiger partial charge >= 0.3 is 0 Å². The van der Waals surface area contributed by atoms with E-state index < -0.39 is 17.7 Å². The highest BCUT2D eigenvalue weighted by Crippen LogP contribution is 2.40. The van der Waals surface area contributed by atoms with Crippen molar-refractivity contribution in [3.8, 4) is 5.75 Å². The highest BCUT2D eigenvalue weighted by molar-refractivity contribution is 6.46. The van der Waals surface area contributed by atoms with E-state index in [9.17, 15) is 14.7 Å². The fourth-order valence-corrected chi connectivity index (χ4v) is 4.59. The van der Waals surface area contributed by atoms with Crippen LogP contribution in [0, 0.1) is 6.92 Å². The maximum absolute atomic E-state index is 13.2. The van der Waals surface area contributed by atoms with Crippen molar-refractivity contribution in [2.24, 2.45) is 0 Å². The largest absolute Gasteiger partial charge is 0.507 e. The van der Waals surface area contributed by atoms with Gasteiger partial charge in [0.15, 0.2) is 0 Å². The molecule has 1 aliphatic heterocycles. The zero-order chi connectivity index (χ0) is 26.5. The molecule has 1 saturated heterocycles. The Bertz CT molecular complexity index is 1300. The van der Waals surface area contributed by atoms with Gasteiger partial charge in [0, 0.05) is 31.9 Å². The first-order valence-electron chi connectivity index (χ1n) is 12.6. The van der Waals surface area contributed by atoms with Crippen molar-refractivity contribution in [2.45, 2.75) is 39.3 Å². The molecule has 0 aromatic heterocycles. The Morgan fingerprint density at radius 2 is 1.70 bits per heavy atom. The first kappa shape index (κ1) is 26.0. The van der Waals surface area contributed by atoms with Gasteiger partial charge in [-0.05, 0) is 60.4 Å². The lowest BCUT2D eigenvalue weighted by Gasteiger charge is -2.26. The standard InChI is InChI=1S/C31H34N2O4/c1-5-6-18-33-28(23-12-15-25(16-13-23)32(3)4)27(30(35)31(33)36)29(34)24-14-17-26(21(2)19-24)37-20-22-10-8-7-9-11-22/h7-17,19,28,34H,5-6,18,20H2,1-4H3/b29-27-. The van der Waals surface area contributed by atoms with Crippen LogP contribution in [0.25, 0.3) is 5.76 Å². The molecule has 0 saturated carbocycles. The number of Topliss-reactive ketones (excluding diaryl/α,β-unsaturated/α-hetero) is 1. The van der Waals surface area contributed by atoms with Gasteiger partial charge in [-0.1, -0.05) is 55.8 Å². The number of hydrogen-bond donors (Lipinski definition) is 1. The summed E-state index contributed by atoms with van der Waals surface area (Å²) in [5.74, 6) is -0.704. The van der Waals surface area contributed by atoms with Gasteiger partial charge in [-0.15, -0.1) is 0 Å². The minimum Gasteiger partial charge on any atom is -0.507 e. The second-order valence-electron chi connectivity index (χ2n) is 9.59. The van der Waals surface area contributed by atoms with E-state index in [0.717, 1.165) is 35.2 Å². The van der Waals surface area contributed by atoms with E-state index in [-0.39, 0.29) is 11.3 Å². The minimum absolute atomic E-state index is 0.121. The van der Waals surface area contributed by atoms with Crippen molar-refractivity contribution in [2.75, 3.05) is 25.5 Å². The van der Waals surface area contributed by atoms with Crippen LogP contribution in [0.1, 0.15) is 48.1 Å². The number of amides is 1. The van der Waals surface area contributed by atoms with Crippen molar-refractivity contribution >= 4 is 23.1 Å². The molecule has 0 radical (unpaired) electrons. The Hall–Kier alpha value is -4.06. The lowest BCUT2D eigenvalue weighted by molar-refractivity contribution is -0.139. The van der Waals surface area contributed by atoms with Crippen molar-refractivity contribution in [3.05, 3.63) is 101 Å². The van der Waals surface area contributed by atoms with Gasteiger partial charge in [0.05, 0.1) is 11.6 Å². The SMILES string of the molecule is CCCCN1C(=O)C(=O)/C(=C(\O)c2ccc(OCc3ccccc3)c(C)c2)C1c1ccc(N(C)C)cc1. The van der Waals surface area contributed by atoms with Crippen molar-refractivity contribution < 1.29 is 19.4 Å². The molecule has 3 aromatic rings. The number of carbonyl (C=O) groups is 2. The van der Waals surface area contributed by atoms with E-state index in [1.807, 2.05) is 87.4 Å². The number of aliphatic hydroxyl groups is 1. The number of anilines is 1. The number of aliphatic hydroxyl groups excluding tert-OH is 1. The number of likely N-dealkylation sites (tertiary alicyclic amines) is 1. The normalized spacial score (nSPS) is 16.8. The van der Waals surface area contributed by atoms with Crippen LogP contribution in [0.5, 0.6) is 5.75 Å². The second kappa shape index (κ2) is 11.3. The third-order valence-corrected chi connectivity index (χ3v) is 6.70. The third kappa shape index (κ3) is 5.53. The van der Waals surface area contributed by atoms with Crippen LogP contribution in [-0.2, 0) is 16.2 Å². The molecule has 0 spiro atoms. The number of hydrogen-bond acceptors (Lipinski definition) is 5. The molecule has 6 heteroatoms. The quantitative estimate of drug-likeness (QED) is 0.227. The lowest BCUT2D eigenvalue weighted by atomic mass is 9.94. The van der Waals surface area contributed by atoms with Crippen LogP contribution in [0.15, 0.2) is 78.4 Å². The molecule has 4 rings (SSSR count). The highest BCUT2D eigenvalue weighted by Gasteiger charge is 2.45. The number of ether oxygens (including phenoxy) is 1. The van der Waals surface area contributed by atoms with Crippen LogP contribution in [-0.4, -0.2) is 42.3 Å². The molecular weight excluding hydrogens is 464 g/mol. The average Bonchev–Trinajstić information content (AvgIpc) is 3.16. The molecule has 1 heterocycles. The summed E-state index contributed by atoms with van der Waals surface area (Å²) in [5.41, 5.74) is 4.29. The molecular formula is C31H34N2O4. The number of nitrogens with zero attached hydrogens (tertiary/aromatic N) is 2. The minimum atomic E-state index is -0.655. The number of unbranched alkanes of at least 4 members (excludes halogenated alkanes) is 1. The zero-order valence-corrected chi connectivity index (χ0v) is 21.9. The monoisotopic (exact) mass is 498 g/mol. The molecule has 0 aliphatic carbocycles. The Kier molecular flexibility index (Phi) is 7.97. The molecule has 0 bridgehead atoms. The van der Waals surface area contributed by atoms with Gasteiger partial charge in [0.2, 0.25) is 0 Å². The Morgan fingerprint density at radius 1 is 1.00 bits per heavy atom. The predicted molar refractivity (Wildman–Crippen MR) is 147 cm³/mol. The van der Waals surface area contributed by atoms with Gasteiger partial charge in [0.1, 0.15) is 18.1 Å². The molecule has 6 nitrogen and oxygen atoms in total. The third-order valence-electron chi connectivity index (χ3n) is 6.70. The van der Waals surface area contributed by atoms with E-state index in [0.29, 0.717) is 24.5 Å². The van der Waals surface area contributed by atoms with Gasteiger partial charge in [-0.3, -0.25) is 9.59 Å². The molecule has 1 N–H and O–H groups in total. The predicted octanol–water partition coefficient (Wildman–Crippen LogP) is 5.86. The van der Waals surface area contributed by atoms with Crippen molar-refractivity contribution in [1.29, 1.82) is 0 Å². The van der Waals surface area contributed by atoms with Gasteiger partial charge < -0.3 is 19.6 Å². The Morgan fingerprint density at radius 3 is 2.32 bits per heavy atom. The fraction of sp³-hybridized carbons (Fsp3) is 0.290. The summed E-state index contributed by atoms with van der Waals surface area (Å²) in [5, 5.41) is 11.4. The van der Waals surface area contributed by atoms with Crippen LogP contribution in [0.3, 0.4) is 0 Å². The molecule has 1 atom stereocenters. The van der Waals surface area contributed by atoms with Gasteiger partial charge in [-0.25, -0.2) is 0 Å². The number of benzene rings is 3. The highest BCUT2D eigenvalue weighted by atomic mass is 16.5. The van der Waals surface area contributed by atoms with E-state index in [1.54, 1.807) is 23.1 Å². The molecule has 1 aliphatic rings. The van der Waals surface area contributed by atoms with Gasteiger partial charge in [0.25, 0.3) is 11.7 Å². The Labute approximate surface area is 218 Å². The van der Waals surface area contributed by atoms with Gasteiger partial charge in [-0.2, -0.15) is 0 Å². The molecule has 1 amide bonds. The molecule has 192 valence electrons. The molecule has 1 fully saturated rings.